The Labute approximate surface area is 105 Å². The molecule has 0 aliphatic carbocycles. The van der Waals surface area contributed by atoms with Gasteiger partial charge in [-0.3, -0.25) is 0 Å². The zero-order valence-corrected chi connectivity index (χ0v) is 9.82. The molecule has 2 nitrogen and oxygen atoms in total. The highest BCUT2D eigenvalue weighted by Crippen LogP contribution is 2.34. The second kappa shape index (κ2) is 5.00. The van der Waals surface area contributed by atoms with Crippen LogP contribution in [0.2, 0.25) is 0 Å². The standard InChI is InChI=1S/C8ClF7O2S/c9-19(17,18)7-5(13)2(10)1(3(11)6(7)14)4(12)8(15)16. The van der Waals surface area contributed by atoms with E-state index >= 15 is 0 Å². The van der Waals surface area contributed by atoms with Crippen LogP contribution < -0.4 is 0 Å². The van der Waals surface area contributed by atoms with Crippen molar-refractivity contribution in [3.8, 4) is 0 Å². The van der Waals surface area contributed by atoms with Gasteiger partial charge in [-0.1, -0.05) is 0 Å². The molecule has 0 unspecified atom stereocenters. The highest BCUT2D eigenvalue weighted by atomic mass is 35.7. The molecule has 0 radical (unpaired) electrons. The third-order valence-electron chi connectivity index (χ3n) is 1.85. The van der Waals surface area contributed by atoms with Crippen LogP contribution in [0.5, 0.6) is 0 Å². The second-order valence-corrected chi connectivity index (χ2v) is 5.48. The van der Waals surface area contributed by atoms with Gasteiger partial charge in [-0.15, -0.1) is 0 Å². The molecule has 0 spiro atoms. The minimum absolute atomic E-state index is 2.24. The lowest BCUT2D eigenvalue weighted by Crippen LogP contribution is -2.09. The Hall–Kier alpha value is -1.29. The van der Waals surface area contributed by atoms with Gasteiger partial charge >= 0.3 is 6.08 Å². The fourth-order valence-electron chi connectivity index (χ4n) is 1.11. The third-order valence-corrected chi connectivity index (χ3v) is 3.16. The number of hydrogen-bond donors (Lipinski definition) is 0. The molecule has 1 aromatic rings. The van der Waals surface area contributed by atoms with Gasteiger partial charge < -0.3 is 0 Å². The first-order valence-electron chi connectivity index (χ1n) is 4.01. The summed E-state index contributed by atoms with van der Waals surface area (Å²) in [6, 6.07) is 0. The van der Waals surface area contributed by atoms with Crippen molar-refractivity contribution >= 4 is 25.6 Å². The van der Waals surface area contributed by atoms with Crippen molar-refractivity contribution in [3.63, 3.8) is 0 Å². The van der Waals surface area contributed by atoms with Gasteiger partial charge in [0.15, 0.2) is 28.2 Å². The topological polar surface area (TPSA) is 34.1 Å². The normalized spacial score (nSPS) is 11.6. The molecule has 1 rings (SSSR count). The van der Waals surface area contributed by atoms with Gasteiger partial charge in [0.25, 0.3) is 9.05 Å². The van der Waals surface area contributed by atoms with Crippen LogP contribution >= 0.6 is 10.7 Å². The maximum atomic E-state index is 13.1. The average Bonchev–Trinajstić information content (AvgIpc) is 2.24. The molecule has 0 atom stereocenters. The van der Waals surface area contributed by atoms with Crippen LogP contribution in [0.1, 0.15) is 5.56 Å². The number of halogens is 8. The number of hydrogen-bond acceptors (Lipinski definition) is 2. The van der Waals surface area contributed by atoms with Crippen LogP contribution in [-0.4, -0.2) is 8.42 Å². The summed E-state index contributed by atoms with van der Waals surface area (Å²) in [4.78, 5) is -2.24. The molecule has 0 amide bonds. The van der Waals surface area contributed by atoms with Gasteiger partial charge in [0.05, 0.1) is 5.56 Å². The highest BCUT2D eigenvalue weighted by Gasteiger charge is 2.34. The van der Waals surface area contributed by atoms with Gasteiger partial charge in [-0.2, -0.15) is 8.78 Å². The summed E-state index contributed by atoms with van der Waals surface area (Å²) >= 11 is 0. The summed E-state index contributed by atoms with van der Waals surface area (Å²) in [5.41, 5.74) is -2.36. The molecular formula is C8ClF7O2S. The van der Waals surface area contributed by atoms with Crippen LogP contribution in [-0.2, 0) is 9.05 Å². The zero-order valence-electron chi connectivity index (χ0n) is 8.25. The summed E-state index contributed by atoms with van der Waals surface area (Å²) < 4.78 is 110. The molecule has 0 bridgehead atoms. The van der Waals surface area contributed by atoms with Gasteiger partial charge in [-0.05, 0) is 0 Å². The fraction of sp³-hybridized carbons (Fsp3) is 0. The van der Waals surface area contributed by atoms with Gasteiger partial charge in [0.1, 0.15) is 0 Å². The van der Waals surface area contributed by atoms with Crippen LogP contribution in [0.15, 0.2) is 11.0 Å². The van der Waals surface area contributed by atoms with E-state index in [4.69, 9.17) is 0 Å². The van der Waals surface area contributed by atoms with Crippen molar-refractivity contribution in [1.29, 1.82) is 0 Å². The molecule has 1 aromatic carbocycles. The molecule has 19 heavy (non-hydrogen) atoms. The first-order valence-corrected chi connectivity index (χ1v) is 6.32. The van der Waals surface area contributed by atoms with Crippen LogP contribution in [0.4, 0.5) is 30.7 Å². The summed E-state index contributed by atoms with van der Waals surface area (Å²) in [6.45, 7) is 0. The lowest BCUT2D eigenvalue weighted by Gasteiger charge is -2.08. The smallest absolute Gasteiger partial charge is 0.207 e. The molecule has 0 aliphatic heterocycles. The Balaban J connectivity index is 3.93. The van der Waals surface area contributed by atoms with Gasteiger partial charge in [0, 0.05) is 10.7 Å². The van der Waals surface area contributed by atoms with Crippen LogP contribution in [0.3, 0.4) is 0 Å². The summed E-state index contributed by atoms with van der Waals surface area (Å²) in [6.07, 6.45) is -3.25. The van der Waals surface area contributed by atoms with E-state index in [1.54, 1.807) is 0 Å². The second-order valence-electron chi connectivity index (χ2n) is 2.97. The maximum Gasteiger partial charge on any atom is 0.306 e. The third kappa shape index (κ3) is 2.68. The molecule has 0 fully saturated rings. The first kappa shape index (κ1) is 15.8. The molecule has 0 aromatic heterocycles. The molecule has 0 aliphatic rings. The predicted octanol–water partition coefficient (Wildman–Crippen LogP) is 3.71. The lowest BCUT2D eigenvalue weighted by atomic mass is 10.1. The minimum atomic E-state index is -5.26. The van der Waals surface area contributed by atoms with Crippen molar-refractivity contribution in [3.05, 3.63) is 34.9 Å². The average molecular weight is 329 g/mol. The molecular weight excluding hydrogens is 329 g/mol. The lowest BCUT2D eigenvalue weighted by molar-refractivity contribution is 0.394. The number of benzene rings is 1. The van der Waals surface area contributed by atoms with E-state index in [-0.39, 0.29) is 0 Å². The van der Waals surface area contributed by atoms with E-state index in [2.05, 4.69) is 10.7 Å². The quantitative estimate of drug-likeness (QED) is 0.471. The number of rotatable bonds is 2. The largest absolute Gasteiger partial charge is 0.306 e. The molecule has 0 N–H and O–H groups in total. The van der Waals surface area contributed by atoms with Gasteiger partial charge in [0.2, 0.25) is 5.83 Å². The van der Waals surface area contributed by atoms with Crippen molar-refractivity contribution in [2.24, 2.45) is 0 Å². The molecule has 0 saturated heterocycles. The molecule has 106 valence electrons. The Morgan fingerprint density at radius 3 is 1.47 bits per heavy atom. The fourth-order valence-corrected chi connectivity index (χ4v) is 2.13. The minimum Gasteiger partial charge on any atom is -0.207 e. The Kier molecular flexibility index (Phi) is 4.15. The Bertz CT molecular complexity index is 650. The highest BCUT2D eigenvalue weighted by molar-refractivity contribution is 8.13. The van der Waals surface area contributed by atoms with Crippen LogP contribution in [0, 0.1) is 23.3 Å². The molecule has 0 saturated carbocycles. The van der Waals surface area contributed by atoms with Gasteiger partial charge in [-0.25, -0.2) is 30.4 Å². The van der Waals surface area contributed by atoms with Crippen molar-refractivity contribution in [2.45, 2.75) is 4.90 Å². The molecule has 11 heteroatoms. The summed E-state index contributed by atoms with van der Waals surface area (Å²) in [5, 5.41) is 0. The Morgan fingerprint density at radius 1 is 0.842 bits per heavy atom. The van der Waals surface area contributed by atoms with E-state index in [1.165, 1.54) is 0 Å². The predicted molar refractivity (Wildman–Crippen MR) is 49.6 cm³/mol. The SMILES string of the molecule is O=S(=O)(Cl)c1c(F)c(F)c(C(F)=C(F)F)c(F)c1F. The maximum absolute atomic E-state index is 13.1. The van der Waals surface area contributed by atoms with E-state index in [0.717, 1.165) is 0 Å². The molecule has 0 heterocycles. The van der Waals surface area contributed by atoms with Crippen molar-refractivity contribution in [2.75, 3.05) is 0 Å². The summed E-state index contributed by atoms with van der Waals surface area (Å²) in [5.74, 6) is -13.4. The van der Waals surface area contributed by atoms with E-state index in [9.17, 15) is 39.2 Å². The first-order chi connectivity index (χ1) is 8.50. The van der Waals surface area contributed by atoms with E-state index in [0.29, 0.717) is 0 Å². The van der Waals surface area contributed by atoms with Crippen LogP contribution in [0.25, 0.3) is 5.83 Å². The zero-order chi connectivity index (χ0) is 15.1. The van der Waals surface area contributed by atoms with E-state index in [1.807, 2.05) is 0 Å². The Morgan fingerprint density at radius 2 is 1.21 bits per heavy atom. The van der Waals surface area contributed by atoms with E-state index < -0.39 is 54.7 Å². The van der Waals surface area contributed by atoms with Crippen molar-refractivity contribution < 1.29 is 39.2 Å². The monoisotopic (exact) mass is 328 g/mol. The summed E-state index contributed by atoms with van der Waals surface area (Å²) in [7, 11) is -0.743. The van der Waals surface area contributed by atoms with Crippen molar-refractivity contribution in [1.82, 2.24) is 0 Å².